The Bertz CT molecular complexity index is 1070. The van der Waals surface area contributed by atoms with Gasteiger partial charge in [0.2, 0.25) is 0 Å². The number of carbonyl (C=O) groups excluding carboxylic acids is 1. The van der Waals surface area contributed by atoms with Crippen LogP contribution in [0.1, 0.15) is 16.2 Å². The summed E-state index contributed by atoms with van der Waals surface area (Å²) < 4.78 is 57.2. The lowest BCUT2D eigenvalue weighted by molar-refractivity contribution is -0.0499. The van der Waals surface area contributed by atoms with Crippen LogP contribution in [-0.2, 0) is 13.1 Å². The third-order valence-corrected chi connectivity index (χ3v) is 4.44. The molecule has 1 N–H and O–H groups in total. The lowest BCUT2D eigenvalue weighted by atomic mass is 10.2. The second-order valence-electron chi connectivity index (χ2n) is 6.41. The summed E-state index contributed by atoms with van der Waals surface area (Å²) >= 11 is 0. The first-order chi connectivity index (χ1) is 14.4. The second-order valence-corrected chi connectivity index (χ2v) is 6.41. The lowest BCUT2D eigenvalue weighted by Gasteiger charge is -2.26. The van der Waals surface area contributed by atoms with Crippen molar-refractivity contribution in [1.82, 2.24) is 14.8 Å². The molecule has 0 saturated carbocycles. The smallest absolute Gasteiger partial charge is 0.387 e. The van der Waals surface area contributed by atoms with Gasteiger partial charge in [-0.2, -0.15) is 13.9 Å². The van der Waals surface area contributed by atoms with Crippen LogP contribution in [0.4, 0.5) is 29.1 Å². The average Bonchev–Trinajstić information content (AvgIpc) is 3.12. The molecule has 1 aliphatic heterocycles. The predicted octanol–water partition coefficient (Wildman–Crippen LogP) is 3.43. The normalized spacial score (nSPS) is 13.5. The van der Waals surface area contributed by atoms with Crippen molar-refractivity contribution >= 4 is 17.4 Å². The SMILES string of the molecule is O=C1c2cc(CNc3ccc(OC(F)F)cc3F)nn2CCN1c1ccc(F)cn1. The number of benzene rings is 1. The first-order valence-corrected chi connectivity index (χ1v) is 8.89. The van der Waals surface area contributed by atoms with E-state index in [0.29, 0.717) is 30.3 Å². The van der Waals surface area contributed by atoms with Crippen molar-refractivity contribution in [2.24, 2.45) is 0 Å². The summed E-state index contributed by atoms with van der Waals surface area (Å²) in [6.07, 6.45) is 1.04. The molecule has 1 aliphatic rings. The minimum Gasteiger partial charge on any atom is -0.435 e. The fraction of sp³-hybridized carbons (Fsp3) is 0.211. The van der Waals surface area contributed by atoms with Gasteiger partial charge in [0.25, 0.3) is 5.91 Å². The molecule has 11 heteroatoms. The highest BCUT2D eigenvalue weighted by Gasteiger charge is 2.28. The number of nitrogens with zero attached hydrogens (tertiary/aromatic N) is 4. The molecule has 0 radical (unpaired) electrons. The molecule has 156 valence electrons. The van der Waals surface area contributed by atoms with Crippen LogP contribution in [0, 0.1) is 11.6 Å². The van der Waals surface area contributed by atoms with Crippen molar-refractivity contribution in [1.29, 1.82) is 0 Å². The number of rotatable bonds is 6. The van der Waals surface area contributed by atoms with Crippen molar-refractivity contribution < 1.29 is 27.1 Å². The molecule has 0 bridgehead atoms. The van der Waals surface area contributed by atoms with Crippen molar-refractivity contribution in [3.05, 3.63) is 65.6 Å². The Morgan fingerprint density at radius 1 is 1.13 bits per heavy atom. The van der Waals surface area contributed by atoms with Crippen LogP contribution in [0.25, 0.3) is 0 Å². The van der Waals surface area contributed by atoms with Gasteiger partial charge in [-0.3, -0.25) is 14.4 Å². The van der Waals surface area contributed by atoms with Gasteiger partial charge < -0.3 is 10.1 Å². The predicted molar refractivity (Wildman–Crippen MR) is 98.5 cm³/mol. The molecule has 0 aliphatic carbocycles. The molecule has 0 atom stereocenters. The van der Waals surface area contributed by atoms with Crippen LogP contribution in [0.3, 0.4) is 0 Å². The Morgan fingerprint density at radius 2 is 1.97 bits per heavy atom. The van der Waals surface area contributed by atoms with E-state index in [-0.39, 0.29) is 23.9 Å². The van der Waals surface area contributed by atoms with E-state index in [1.807, 2.05) is 0 Å². The largest absolute Gasteiger partial charge is 0.435 e. The summed E-state index contributed by atoms with van der Waals surface area (Å²) in [5.41, 5.74) is 0.885. The van der Waals surface area contributed by atoms with Crippen LogP contribution in [0.2, 0.25) is 0 Å². The van der Waals surface area contributed by atoms with Gasteiger partial charge in [-0.25, -0.2) is 13.8 Å². The van der Waals surface area contributed by atoms with E-state index >= 15 is 0 Å². The van der Waals surface area contributed by atoms with E-state index in [2.05, 4.69) is 20.1 Å². The number of amides is 1. The fourth-order valence-corrected chi connectivity index (χ4v) is 3.08. The molecule has 2 aromatic heterocycles. The fourth-order valence-electron chi connectivity index (χ4n) is 3.08. The second kappa shape index (κ2) is 8.01. The maximum Gasteiger partial charge on any atom is 0.387 e. The van der Waals surface area contributed by atoms with Crippen LogP contribution in [0.15, 0.2) is 42.6 Å². The van der Waals surface area contributed by atoms with Crippen LogP contribution in [-0.4, -0.2) is 33.8 Å². The molecule has 4 rings (SSSR count). The molecule has 3 aromatic rings. The van der Waals surface area contributed by atoms with Crippen LogP contribution < -0.4 is 15.0 Å². The number of aromatic nitrogens is 3. The highest BCUT2D eigenvalue weighted by atomic mass is 19.3. The van der Waals surface area contributed by atoms with Gasteiger partial charge in [-0.15, -0.1) is 0 Å². The topological polar surface area (TPSA) is 72.3 Å². The first-order valence-electron chi connectivity index (χ1n) is 8.89. The molecular weight excluding hydrogens is 406 g/mol. The molecule has 0 fully saturated rings. The van der Waals surface area contributed by atoms with E-state index < -0.39 is 18.2 Å². The summed E-state index contributed by atoms with van der Waals surface area (Å²) in [4.78, 5) is 18.1. The maximum absolute atomic E-state index is 14.1. The zero-order valence-electron chi connectivity index (χ0n) is 15.4. The summed E-state index contributed by atoms with van der Waals surface area (Å²) in [7, 11) is 0. The maximum atomic E-state index is 14.1. The Hall–Kier alpha value is -3.63. The molecule has 30 heavy (non-hydrogen) atoms. The first kappa shape index (κ1) is 19.7. The minimum atomic E-state index is -3.04. The van der Waals surface area contributed by atoms with Crippen molar-refractivity contribution in [2.75, 3.05) is 16.8 Å². The number of nitrogens with one attached hydrogen (secondary N) is 1. The number of anilines is 2. The van der Waals surface area contributed by atoms with Crippen molar-refractivity contribution in [3.63, 3.8) is 0 Å². The van der Waals surface area contributed by atoms with Gasteiger partial charge >= 0.3 is 6.61 Å². The number of pyridine rings is 1. The third kappa shape index (κ3) is 4.04. The van der Waals surface area contributed by atoms with E-state index in [9.17, 15) is 22.4 Å². The Kier molecular flexibility index (Phi) is 5.25. The standard InChI is InChI=1S/C19H15F4N5O2/c20-11-1-4-17(25-9-11)27-5-6-28-16(18(27)29)7-12(26-28)10-24-15-3-2-13(8-14(15)21)30-19(22)23/h1-4,7-9,19,24H,5-6,10H2. The molecule has 1 aromatic carbocycles. The number of carbonyl (C=O) groups is 1. The number of alkyl halides is 2. The average molecular weight is 421 g/mol. The van der Waals surface area contributed by atoms with Gasteiger partial charge in [0.15, 0.2) is 0 Å². The molecule has 0 unspecified atom stereocenters. The summed E-state index contributed by atoms with van der Waals surface area (Å²) in [6, 6.07) is 7.55. The molecule has 0 spiro atoms. The number of hydrogen-bond acceptors (Lipinski definition) is 5. The molecule has 3 heterocycles. The zero-order valence-corrected chi connectivity index (χ0v) is 15.4. The van der Waals surface area contributed by atoms with Crippen molar-refractivity contribution in [3.8, 4) is 5.75 Å². The van der Waals surface area contributed by atoms with E-state index in [4.69, 9.17) is 0 Å². The van der Waals surface area contributed by atoms with Crippen LogP contribution >= 0.6 is 0 Å². The van der Waals surface area contributed by atoms with Gasteiger partial charge in [0.05, 0.1) is 30.7 Å². The van der Waals surface area contributed by atoms with Gasteiger partial charge in [-0.05, 0) is 30.3 Å². The van der Waals surface area contributed by atoms with E-state index in [0.717, 1.165) is 12.3 Å². The zero-order chi connectivity index (χ0) is 21.3. The lowest BCUT2D eigenvalue weighted by Crippen LogP contribution is -2.40. The molecular formula is C19H15F4N5O2. The van der Waals surface area contributed by atoms with Crippen molar-refractivity contribution in [2.45, 2.75) is 19.7 Å². The third-order valence-electron chi connectivity index (χ3n) is 4.44. The Labute approximate surface area is 167 Å². The summed E-state index contributed by atoms with van der Waals surface area (Å²) in [5.74, 6) is -1.55. The highest BCUT2D eigenvalue weighted by Crippen LogP contribution is 2.24. The highest BCUT2D eigenvalue weighted by molar-refractivity contribution is 6.05. The quantitative estimate of drug-likeness (QED) is 0.618. The van der Waals surface area contributed by atoms with E-state index in [1.165, 1.54) is 33.8 Å². The van der Waals surface area contributed by atoms with Gasteiger partial charge in [0, 0.05) is 12.6 Å². The Balaban J connectivity index is 1.45. The monoisotopic (exact) mass is 421 g/mol. The van der Waals surface area contributed by atoms with Gasteiger partial charge in [0.1, 0.15) is 28.9 Å². The summed E-state index contributed by atoms with van der Waals surface area (Å²) in [5, 5.41) is 7.14. The molecule has 7 nitrogen and oxygen atoms in total. The van der Waals surface area contributed by atoms with Crippen LogP contribution in [0.5, 0.6) is 5.75 Å². The number of halogens is 4. The minimum absolute atomic E-state index is 0.0750. The van der Waals surface area contributed by atoms with Gasteiger partial charge in [-0.1, -0.05) is 0 Å². The number of hydrogen-bond donors (Lipinski definition) is 1. The Morgan fingerprint density at radius 3 is 2.67 bits per heavy atom. The number of fused-ring (bicyclic) bond motifs is 1. The number of ether oxygens (including phenoxy) is 1. The van der Waals surface area contributed by atoms with E-state index in [1.54, 1.807) is 6.07 Å². The molecule has 1 amide bonds. The summed E-state index contributed by atoms with van der Waals surface area (Å²) in [6.45, 7) is -2.20. The molecule has 0 saturated heterocycles.